The van der Waals surface area contributed by atoms with Gasteiger partial charge in [0.25, 0.3) is 0 Å². The van der Waals surface area contributed by atoms with E-state index in [-0.39, 0.29) is 5.91 Å². The Balaban J connectivity index is 2.05. The van der Waals surface area contributed by atoms with Gasteiger partial charge >= 0.3 is 0 Å². The van der Waals surface area contributed by atoms with Crippen LogP contribution in [0.2, 0.25) is 0 Å². The van der Waals surface area contributed by atoms with Gasteiger partial charge in [-0.2, -0.15) is 0 Å². The third kappa shape index (κ3) is 3.63. The molecule has 0 aliphatic carbocycles. The Morgan fingerprint density at radius 2 is 1.90 bits per heavy atom. The molecule has 1 saturated heterocycles. The average Bonchev–Trinajstić information content (AvgIpc) is 2.49. The van der Waals surface area contributed by atoms with E-state index in [0.29, 0.717) is 6.54 Å². The molecule has 0 unspecified atom stereocenters. The minimum absolute atomic E-state index is 0.188. The highest BCUT2D eigenvalue weighted by molar-refractivity contribution is 5.85. The largest absolute Gasteiger partial charge is 0.340 e. The zero-order valence-corrected chi connectivity index (χ0v) is 13.6. The van der Waals surface area contributed by atoms with Crippen molar-refractivity contribution < 1.29 is 4.79 Å². The molecule has 0 bridgehead atoms. The lowest BCUT2D eigenvalue weighted by Crippen LogP contribution is -2.60. The molecule has 4 heteroatoms. The number of nitrogens with one attached hydrogen (secondary N) is 1. The first-order valence-corrected chi connectivity index (χ1v) is 7.69. The summed E-state index contributed by atoms with van der Waals surface area (Å²) in [6.45, 7) is 10.6. The third-order valence-electron chi connectivity index (χ3n) is 4.45. The fourth-order valence-corrected chi connectivity index (χ4v) is 2.94. The van der Waals surface area contributed by atoms with E-state index in [1.807, 2.05) is 37.9 Å². The summed E-state index contributed by atoms with van der Waals surface area (Å²) >= 11 is 0. The number of hydrogen-bond acceptors (Lipinski definition) is 3. The van der Waals surface area contributed by atoms with Gasteiger partial charge in [0.15, 0.2) is 0 Å². The molecule has 0 aromatic heterocycles. The first kappa shape index (κ1) is 16.0. The van der Waals surface area contributed by atoms with Crippen LogP contribution in [0.3, 0.4) is 0 Å². The normalized spacial score (nSPS) is 16.8. The van der Waals surface area contributed by atoms with Gasteiger partial charge in [0, 0.05) is 39.8 Å². The number of likely N-dealkylation sites (N-methyl/N-ethyl adjacent to an activating group) is 1. The van der Waals surface area contributed by atoms with Crippen molar-refractivity contribution in [3.05, 3.63) is 35.4 Å². The van der Waals surface area contributed by atoms with Crippen molar-refractivity contribution in [2.24, 2.45) is 0 Å². The Kier molecular flexibility index (Phi) is 5.01. The van der Waals surface area contributed by atoms with Crippen LogP contribution in [0.1, 0.15) is 25.0 Å². The van der Waals surface area contributed by atoms with Crippen LogP contribution in [0, 0.1) is 6.92 Å². The van der Waals surface area contributed by atoms with Crippen molar-refractivity contribution in [3.8, 4) is 0 Å². The van der Waals surface area contributed by atoms with Crippen LogP contribution in [0.4, 0.5) is 0 Å². The summed E-state index contributed by atoms with van der Waals surface area (Å²) in [7, 11) is 1.90. The van der Waals surface area contributed by atoms with Crippen molar-refractivity contribution in [1.29, 1.82) is 0 Å². The zero-order chi connectivity index (χ0) is 15.5. The lowest BCUT2D eigenvalue weighted by molar-refractivity contribution is -0.142. The molecule has 116 valence electrons. The number of aryl methyl sites for hydroxylation is 1. The van der Waals surface area contributed by atoms with Crippen LogP contribution in [0.25, 0.3) is 0 Å². The first-order chi connectivity index (χ1) is 9.93. The highest BCUT2D eigenvalue weighted by Crippen LogP contribution is 2.19. The molecule has 1 aliphatic heterocycles. The van der Waals surface area contributed by atoms with Crippen molar-refractivity contribution >= 4 is 5.91 Å². The summed E-state index contributed by atoms with van der Waals surface area (Å²) in [4.78, 5) is 17.0. The van der Waals surface area contributed by atoms with E-state index in [1.165, 1.54) is 11.1 Å². The minimum Gasteiger partial charge on any atom is -0.340 e. The topological polar surface area (TPSA) is 35.6 Å². The van der Waals surface area contributed by atoms with Crippen LogP contribution < -0.4 is 5.32 Å². The average molecular weight is 289 g/mol. The van der Waals surface area contributed by atoms with E-state index >= 15 is 0 Å². The lowest BCUT2D eigenvalue weighted by Gasteiger charge is -2.41. The van der Waals surface area contributed by atoms with Gasteiger partial charge in [-0.25, -0.2) is 0 Å². The van der Waals surface area contributed by atoms with Crippen LogP contribution in [-0.4, -0.2) is 54.5 Å². The number of carbonyl (C=O) groups is 1. The standard InChI is InChI=1S/C17H27N3O/c1-14-7-5-6-8-15(14)13-19(4)16(21)17(2,3)20-11-9-18-10-12-20/h5-8,18H,9-13H2,1-4H3. The number of carbonyl (C=O) groups excluding carboxylic acids is 1. The maximum Gasteiger partial charge on any atom is 0.242 e. The molecule has 0 radical (unpaired) electrons. The molecule has 0 spiro atoms. The van der Waals surface area contributed by atoms with E-state index < -0.39 is 5.54 Å². The molecule has 1 amide bonds. The number of benzene rings is 1. The maximum atomic E-state index is 12.8. The molecule has 4 nitrogen and oxygen atoms in total. The molecule has 1 aliphatic rings. The number of piperazine rings is 1. The quantitative estimate of drug-likeness (QED) is 0.915. The van der Waals surface area contributed by atoms with Gasteiger partial charge in [-0.1, -0.05) is 24.3 Å². The minimum atomic E-state index is -0.445. The van der Waals surface area contributed by atoms with E-state index in [2.05, 4.69) is 29.3 Å². The Bertz CT molecular complexity index is 493. The molecule has 1 aromatic rings. The number of nitrogens with zero attached hydrogens (tertiary/aromatic N) is 2. The number of rotatable bonds is 4. The van der Waals surface area contributed by atoms with Crippen LogP contribution in [0.5, 0.6) is 0 Å². The van der Waals surface area contributed by atoms with Gasteiger partial charge in [0.05, 0.1) is 5.54 Å². The van der Waals surface area contributed by atoms with Crippen LogP contribution >= 0.6 is 0 Å². The second kappa shape index (κ2) is 6.58. The van der Waals surface area contributed by atoms with Gasteiger partial charge in [-0.15, -0.1) is 0 Å². The Hall–Kier alpha value is -1.39. The molecule has 2 rings (SSSR count). The fraction of sp³-hybridized carbons (Fsp3) is 0.588. The summed E-state index contributed by atoms with van der Waals surface area (Å²) in [5, 5.41) is 3.34. The maximum absolute atomic E-state index is 12.8. The van der Waals surface area contributed by atoms with Crippen molar-refractivity contribution in [3.63, 3.8) is 0 Å². The van der Waals surface area contributed by atoms with Crippen molar-refractivity contribution in [2.45, 2.75) is 32.9 Å². The van der Waals surface area contributed by atoms with E-state index in [1.54, 1.807) is 0 Å². The van der Waals surface area contributed by atoms with E-state index in [4.69, 9.17) is 0 Å². The summed E-state index contributed by atoms with van der Waals surface area (Å²) in [6, 6.07) is 8.25. The molecular weight excluding hydrogens is 262 g/mol. The highest BCUT2D eigenvalue weighted by Gasteiger charge is 2.37. The van der Waals surface area contributed by atoms with Gasteiger partial charge in [0.1, 0.15) is 0 Å². The number of amides is 1. The van der Waals surface area contributed by atoms with E-state index in [9.17, 15) is 4.79 Å². The van der Waals surface area contributed by atoms with E-state index in [0.717, 1.165) is 26.2 Å². The number of hydrogen-bond donors (Lipinski definition) is 1. The Labute approximate surface area is 128 Å². The summed E-state index contributed by atoms with van der Waals surface area (Å²) in [5.74, 6) is 0.188. The SMILES string of the molecule is Cc1ccccc1CN(C)C(=O)C(C)(C)N1CCNCC1. The van der Waals surface area contributed by atoms with Crippen molar-refractivity contribution in [1.82, 2.24) is 15.1 Å². The van der Waals surface area contributed by atoms with Gasteiger partial charge in [0.2, 0.25) is 5.91 Å². The molecule has 1 fully saturated rings. The summed E-state index contributed by atoms with van der Waals surface area (Å²) in [6.07, 6.45) is 0. The predicted octanol–water partition coefficient (Wildman–Crippen LogP) is 1.64. The van der Waals surface area contributed by atoms with Gasteiger partial charge in [-0.05, 0) is 31.9 Å². The summed E-state index contributed by atoms with van der Waals surface area (Å²) in [5.41, 5.74) is 2.00. The third-order valence-corrected chi connectivity index (χ3v) is 4.45. The second-order valence-corrected chi connectivity index (χ2v) is 6.38. The lowest BCUT2D eigenvalue weighted by atomic mass is 9.99. The van der Waals surface area contributed by atoms with Gasteiger partial charge < -0.3 is 10.2 Å². The van der Waals surface area contributed by atoms with Gasteiger partial charge in [-0.3, -0.25) is 9.69 Å². The Morgan fingerprint density at radius 1 is 1.29 bits per heavy atom. The molecule has 0 saturated carbocycles. The smallest absolute Gasteiger partial charge is 0.242 e. The zero-order valence-electron chi connectivity index (χ0n) is 13.6. The highest BCUT2D eigenvalue weighted by atomic mass is 16.2. The molecule has 0 atom stereocenters. The van der Waals surface area contributed by atoms with Crippen LogP contribution in [0.15, 0.2) is 24.3 Å². The second-order valence-electron chi connectivity index (χ2n) is 6.38. The van der Waals surface area contributed by atoms with Crippen molar-refractivity contribution in [2.75, 3.05) is 33.2 Å². The molecule has 1 aromatic carbocycles. The van der Waals surface area contributed by atoms with Crippen LogP contribution in [-0.2, 0) is 11.3 Å². The molecule has 1 N–H and O–H groups in total. The first-order valence-electron chi connectivity index (χ1n) is 7.69. The predicted molar refractivity (Wildman–Crippen MR) is 86.2 cm³/mol. The summed E-state index contributed by atoms with van der Waals surface area (Å²) < 4.78 is 0. The monoisotopic (exact) mass is 289 g/mol. The Morgan fingerprint density at radius 3 is 2.52 bits per heavy atom. The molecular formula is C17H27N3O. The molecule has 21 heavy (non-hydrogen) atoms. The fourth-order valence-electron chi connectivity index (χ4n) is 2.94. The molecule has 1 heterocycles.